The number of allylic oxidation sites excluding steroid dienone is 1. The van der Waals surface area contributed by atoms with E-state index in [2.05, 4.69) is 0 Å². The van der Waals surface area contributed by atoms with Gasteiger partial charge in [-0.05, 0) is 42.8 Å². The molecule has 9 heteroatoms. The molecule has 0 fully saturated rings. The van der Waals surface area contributed by atoms with Crippen molar-refractivity contribution in [3.63, 3.8) is 0 Å². The molecule has 0 saturated carbocycles. The Morgan fingerprint density at radius 3 is 2.32 bits per heavy atom. The van der Waals surface area contributed by atoms with Gasteiger partial charge in [0, 0.05) is 22.0 Å². The van der Waals surface area contributed by atoms with Crippen LogP contribution in [0.1, 0.15) is 20.3 Å². The fraction of sp³-hybridized carbons (Fsp3) is 0.227. The van der Waals surface area contributed by atoms with Gasteiger partial charge in [-0.15, -0.1) is 22.7 Å². The summed E-state index contributed by atoms with van der Waals surface area (Å²) in [5, 5.41) is 10.5. The van der Waals surface area contributed by atoms with Crippen molar-refractivity contribution in [3.05, 3.63) is 56.1 Å². The standard InChI is InChI=1S/C22H22N4O3S2/c1-12-14(10-18(31-12)20(23)24)15-11-30-21(26-15)22(6-5-7-25-22)13-8-16(27-2)19(29-4)17(9-13)28-3/h5-11H,1-4H3,(H3,23,24). The number of rotatable bonds is 7. The van der Waals surface area contributed by atoms with Crippen LogP contribution in [0.5, 0.6) is 17.2 Å². The maximum absolute atomic E-state index is 7.71. The van der Waals surface area contributed by atoms with Crippen molar-refractivity contribution >= 4 is 34.7 Å². The van der Waals surface area contributed by atoms with Gasteiger partial charge in [-0.25, -0.2) is 4.98 Å². The van der Waals surface area contributed by atoms with E-state index < -0.39 is 5.54 Å². The number of nitrogens with zero attached hydrogens (tertiary/aromatic N) is 2. The van der Waals surface area contributed by atoms with Crippen molar-refractivity contribution in [3.8, 4) is 28.5 Å². The molecule has 3 aromatic rings. The Kier molecular flexibility index (Phi) is 5.55. The van der Waals surface area contributed by atoms with Gasteiger partial charge in [0.1, 0.15) is 10.8 Å². The van der Waals surface area contributed by atoms with Crippen molar-refractivity contribution < 1.29 is 14.2 Å². The van der Waals surface area contributed by atoms with E-state index >= 15 is 0 Å². The van der Waals surface area contributed by atoms with Gasteiger partial charge in [0.15, 0.2) is 17.0 Å². The molecule has 1 aliphatic rings. The van der Waals surface area contributed by atoms with E-state index in [1.165, 1.54) is 22.7 Å². The minimum absolute atomic E-state index is 0.0621. The van der Waals surface area contributed by atoms with Crippen molar-refractivity contribution in [1.82, 2.24) is 4.98 Å². The van der Waals surface area contributed by atoms with Crippen LogP contribution < -0.4 is 19.9 Å². The molecule has 7 nitrogen and oxygen atoms in total. The first-order chi connectivity index (χ1) is 14.9. The third kappa shape index (κ3) is 3.49. The molecule has 4 rings (SSSR count). The van der Waals surface area contributed by atoms with E-state index in [0.29, 0.717) is 17.2 Å². The van der Waals surface area contributed by atoms with Crippen LogP contribution in [0.3, 0.4) is 0 Å². The first kappa shape index (κ1) is 21.1. The Hall–Kier alpha value is -3.17. The molecule has 0 radical (unpaired) electrons. The highest BCUT2D eigenvalue weighted by molar-refractivity contribution is 7.14. The van der Waals surface area contributed by atoms with Crippen molar-refractivity contribution in [2.75, 3.05) is 21.3 Å². The van der Waals surface area contributed by atoms with E-state index in [1.807, 2.05) is 42.7 Å². The number of hydrogen-bond acceptors (Lipinski definition) is 8. The highest BCUT2D eigenvalue weighted by atomic mass is 32.1. The number of nitrogens with two attached hydrogens (primary N) is 1. The van der Waals surface area contributed by atoms with Crippen LogP contribution >= 0.6 is 22.7 Å². The zero-order valence-corrected chi connectivity index (χ0v) is 19.2. The van der Waals surface area contributed by atoms with Crippen molar-refractivity contribution in [2.24, 2.45) is 10.7 Å². The molecular weight excluding hydrogens is 432 g/mol. The number of aliphatic imine (C=N–C) groups is 1. The predicted molar refractivity (Wildman–Crippen MR) is 126 cm³/mol. The SMILES string of the molecule is COc1cc(C2(c3nc(-c4cc(C(=N)N)sc4C)cs3)C=CC=N2)cc(OC)c1OC. The number of ether oxygens (including phenoxy) is 3. The summed E-state index contributed by atoms with van der Waals surface area (Å²) in [7, 11) is 4.76. The average Bonchev–Trinajstić information content (AvgIpc) is 3.51. The number of aryl methyl sites for hydroxylation is 1. The second kappa shape index (κ2) is 8.16. The molecule has 31 heavy (non-hydrogen) atoms. The lowest BCUT2D eigenvalue weighted by atomic mass is 9.91. The van der Waals surface area contributed by atoms with Crippen LogP contribution in [-0.2, 0) is 5.54 Å². The Bertz CT molecular complexity index is 1170. The molecule has 1 aliphatic heterocycles. The molecule has 3 N–H and O–H groups in total. The lowest BCUT2D eigenvalue weighted by molar-refractivity contribution is 0.323. The first-order valence-electron chi connectivity index (χ1n) is 9.38. The predicted octanol–water partition coefficient (Wildman–Crippen LogP) is 4.37. The van der Waals surface area contributed by atoms with E-state index in [1.54, 1.807) is 27.5 Å². The van der Waals surface area contributed by atoms with Gasteiger partial charge in [-0.3, -0.25) is 10.4 Å². The average molecular weight is 455 g/mol. The highest BCUT2D eigenvalue weighted by Crippen LogP contribution is 2.47. The number of amidine groups is 1. The third-order valence-electron chi connectivity index (χ3n) is 5.10. The van der Waals surface area contributed by atoms with Crippen LogP contribution in [0.2, 0.25) is 0 Å². The number of nitrogens with one attached hydrogen (secondary N) is 1. The molecule has 2 aromatic heterocycles. The van der Waals surface area contributed by atoms with Crippen molar-refractivity contribution in [1.29, 1.82) is 5.41 Å². The molecular formula is C22H22N4O3S2. The van der Waals surface area contributed by atoms with Gasteiger partial charge in [0.25, 0.3) is 0 Å². The summed E-state index contributed by atoms with van der Waals surface area (Å²) in [5.74, 6) is 1.71. The van der Waals surface area contributed by atoms with Crippen LogP contribution in [0, 0.1) is 12.3 Å². The lowest BCUT2D eigenvalue weighted by Crippen LogP contribution is -2.21. The Morgan fingerprint density at radius 2 is 1.81 bits per heavy atom. The summed E-state index contributed by atoms with van der Waals surface area (Å²) in [6.45, 7) is 2.01. The summed E-state index contributed by atoms with van der Waals surface area (Å²) in [6.07, 6.45) is 5.69. The van der Waals surface area contributed by atoms with E-state index in [-0.39, 0.29) is 5.84 Å². The van der Waals surface area contributed by atoms with Gasteiger partial charge in [0.05, 0.1) is 31.9 Å². The fourth-order valence-electron chi connectivity index (χ4n) is 3.55. The molecule has 160 valence electrons. The number of aromatic nitrogens is 1. The van der Waals surface area contributed by atoms with Gasteiger partial charge in [-0.2, -0.15) is 0 Å². The minimum Gasteiger partial charge on any atom is -0.493 e. The maximum Gasteiger partial charge on any atom is 0.203 e. The van der Waals surface area contributed by atoms with Crippen LogP contribution in [0.15, 0.2) is 40.7 Å². The van der Waals surface area contributed by atoms with Crippen LogP contribution in [0.4, 0.5) is 0 Å². The Morgan fingerprint density at radius 1 is 1.10 bits per heavy atom. The van der Waals surface area contributed by atoms with E-state index in [9.17, 15) is 0 Å². The lowest BCUT2D eigenvalue weighted by Gasteiger charge is -2.24. The van der Waals surface area contributed by atoms with Gasteiger partial charge < -0.3 is 19.9 Å². The normalized spacial score (nSPS) is 17.2. The number of thiazole rings is 1. The molecule has 0 spiro atoms. The quantitative estimate of drug-likeness (QED) is 0.407. The molecule has 0 bridgehead atoms. The van der Waals surface area contributed by atoms with Crippen LogP contribution in [0.25, 0.3) is 11.3 Å². The third-order valence-corrected chi connectivity index (χ3v) is 7.15. The zero-order chi connectivity index (χ0) is 22.2. The fourth-order valence-corrected chi connectivity index (χ4v) is 5.41. The number of methoxy groups -OCH3 is 3. The monoisotopic (exact) mass is 454 g/mol. The van der Waals surface area contributed by atoms with Gasteiger partial charge in [0.2, 0.25) is 5.75 Å². The molecule has 0 saturated heterocycles. The molecule has 1 unspecified atom stereocenters. The molecule has 0 aliphatic carbocycles. The maximum atomic E-state index is 7.71. The van der Waals surface area contributed by atoms with E-state index in [4.69, 9.17) is 35.3 Å². The highest BCUT2D eigenvalue weighted by Gasteiger charge is 2.37. The minimum atomic E-state index is -0.789. The number of nitrogen functional groups attached to an aromatic ring is 1. The van der Waals surface area contributed by atoms with Crippen LogP contribution in [-0.4, -0.2) is 38.4 Å². The second-order valence-corrected chi connectivity index (χ2v) is 8.96. The summed E-state index contributed by atoms with van der Waals surface area (Å²) in [6, 6.07) is 5.72. The smallest absolute Gasteiger partial charge is 0.203 e. The van der Waals surface area contributed by atoms with E-state index in [0.717, 1.165) is 31.6 Å². The first-order valence-corrected chi connectivity index (χ1v) is 11.1. The summed E-state index contributed by atoms with van der Waals surface area (Å²) < 4.78 is 16.6. The van der Waals surface area contributed by atoms with Crippen molar-refractivity contribution in [2.45, 2.75) is 12.5 Å². The Labute approximate surface area is 188 Å². The van der Waals surface area contributed by atoms with Gasteiger partial charge in [-0.1, -0.05) is 0 Å². The second-order valence-electron chi connectivity index (χ2n) is 6.85. The molecule has 1 atom stereocenters. The molecule has 1 aromatic carbocycles. The molecule has 0 amide bonds. The largest absolute Gasteiger partial charge is 0.493 e. The number of thiophene rings is 1. The molecule has 3 heterocycles. The number of hydrogen-bond donors (Lipinski definition) is 2. The number of benzene rings is 1. The summed E-state index contributed by atoms with van der Waals surface area (Å²) >= 11 is 3.02. The Balaban J connectivity index is 1.84. The summed E-state index contributed by atoms with van der Waals surface area (Å²) in [5.41, 5.74) is 7.55. The van der Waals surface area contributed by atoms with Gasteiger partial charge >= 0.3 is 0 Å². The topological polar surface area (TPSA) is 103 Å². The summed E-state index contributed by atoms with van der Waals surface area (Å²) in [4.78, 5) is 11.5. The zero-order valence-electron chi connectivity index (χ0n) is 17.6.